The molecule has 3 unspecified atom stereocenters. The van der Waals surface area contributed by atoms with Gasteiger partial charge in [-0.1, -0.05) is 6.92 Å². The van der Waals surface area contributed by atoms with Crippen molar-refractivity contribution in [1.82, 2.24) is 15.1 Å². The lowest BCUT2D eigenvalue weighted by Gasteiger charge is -2.33. The van der Waals surface area contributed by atoms with Crippen molar-refractivity contribution in [3.8, 4) is 0 Å². The Morgan fingerprint density at radius 3 is 2.80 bits per heavy atom. The maximum Gasteiger partial charge on any atom is 0.323 e. The van der Waals surface area contributed by atoms with Gasteiger partial charge in [0.2, 0.25) is 0 Å². The number of nitrogens with one attached hydrogen (secondary N) is 1. The van der Waals surface area contributed by atoms with E-state index >= 15 is 0 Å². The van der Waals surface area contributed by atoms with E-state index < -0.39 is 11.5 Å². The fourth-order valence-electron chi connectivity index (χ4n) is 4.03. The number of carboxylic acids is 1. The van der Waals surface area contributed by atoms with E-state index in [1.807, 2.05) is 6.92 Å². The van der Waals surface area contributed by atoms with E-state index in [-0.39, 0.29) is 0 Å². The standard InChI is InChI=1S/C15H29N3O2/c1-4-16-15(14(19)20)8-7-12(10-15)18-9-5-6-13(18)11-17(2)3/h12-13,16H,4-11H2,1-3H3,(H,19,20). The molecule has 0 aromatic heterocycles. The summed E-state index contributed by atoms with van der Waals surface area (Å²) in [6, 6.07) is 1.03. The Bertz CT molecular complexity index is 348. The normalized spacial score (nSPS) is 35.0. The van der Waals surface area contributed by atoms with Crippen LogP contribution in [0.3, 0.4) is 0 Å². The Hall–Kier alpha value is -0.650. The van der Waals surface area contributed by atoms with Crippen LogP contribution in [0.1, 0.15) is 39.0 Å². The van der Waals surface area contributed by atoms with E-state index in [1.54, 1.807) is 0 Å². The van der Waals surface area contributed by atoms with Crippen molar-refractivity contribution in [3.05, 3.63) is 0 Å². The summed E-state index contributed by atoms with van der Waals surface area (Å²) in [6.45, 7) is 4.92. The third-order valence-electron chi connectivity index (χ3n) is 4.88. The minimum absolute atomic E-state index is 0.428. The predicted octanol–water partition coefficient (Wildman–Crippen LogP) is 0.998. The van der Waals surface area contributed by atoms with E-state index in [2.05, 4.69) is 29.2 Å². The highest BCUT2D eigenvalue weighted by Gasteiger charge is 2.48. The summed E-state index contributed by atoms with van der Waals surface area (Å²) in [7, 11) is 4.23. The molecule has 116 valence electrons. The minimum Gasteiger partial charge on any atom is -0.480 e. The number of likely N-dealkylation sites (N-methyl/N-ethyl adjacent to an activating group) is 2. The van der Waals surface area contributed by atoms with Crippen LogP contribution in [0.5, 0.6) is 0 Å². The zero-order valence-corrected chi connectivity index (χ0v) is 13.1. The van der Waals surface area contributed by atoms with Gasteiger partial charge < -0.3 is 15.3 Å². The molecular weight excluding hydrogens is 254 g/mol. The first-order valence-electron chi connectivity index (χ1n) is 7.87. The molecule has 1 saturated carbocycles. The lowest BCUT2D eigenvalue weighted by molar-refractivity contribution is -0.144. The number of hydrogen-bond acceptors (Lipinski definition) is 4. The number of rotatable bonds is 6. The second-order valence-electron chi connectivity index (χ2n) is 6.61. The van der Waals surface area contributed by atoms with Crippen LogP contribution >= 0.6 is 0 Å². The molecule has 1 aliphatic heterocycles. The smallest absolute Gasteiger partial charge is 0.323 e. The summed E-state index contributed by atoms with van der Waals surface area (Å²) in [5.74, 6) is -0.676. The molecule has 3 atom stereocenters. The molecule has 0 bridgehead atoms. The fourth-order valence-corrected chi connectivity index (χ4v) is 4.03. The summed E-state index contributed by atoms with van der Waals surface area (Å²) >= 11 is 0. The number of carboxylic acid groups (broad SMARTS) is 1. The Kier molecular flexibility index (Phi) is 5.04. The maximum atomic E-state index is 11.6. The van der Waals surface area contributed by atoms with Gasteiger partial charge in [0.25, 0.3) is 0 Å². The zero-order chi connectivity index (χ0) is 14.8. The maximum absolute atomic E-state index is 11.6. The average molecular weight is 283 g/mol. The third-order valence-corrected chi connectivity index (χ3v) is 4.88. The molecule has 2 aliphatic rings. The van der Waals surface area contributed by atoms with Crippen LogP contribution in [0.2, 0.25) is 0 Å². The molecular formula is C15H29N3O2. The predicted molar refractivity (Wildman–Crippen MR) is 80.0 cm³/mol. The van der Waals surface area contributed by atoms with E-state index in [0.717, 1.165) is 38.9 Å². The second kappa shape index (κ2) is 6.41. The van der Waals surface area contributed by atoms with E-state index in [9.17, 15) is 9.90 Å². The molecule has 0 spiro atoms. The van der Waals surface area contributed by atoms with Crippen molar-refractivity contribution in [2.24, 2.45) is 0 Å². The number of likely N-dealkylation sites (tertiary alicyclic amines) is 1. The summed E-state index contributed by atoms with van der Waals surface area (Å²) in [6.07, 6.45) is 5.00. The van der Waals surface area contributed by atoms with Gasteiger partial charge in [0.15, 0.2) is 0 Å². The molecule has 1 aliphatic carbocycles. The monoisotopic (exact) mass is 283 g/mol. The molecule has 0 aromatic carbocycles. The zero-order valence-electron chi connectivity index (χ0n) is 13.1. The van der Waals surface area contributed by atoms with Gasteiger partial charge >= 0.3 is 5.97 Å². The third kappa shape index (κ3) is 3.15. The van der Waals surface area contributed by atoms with Crippen LogP contribution in [0, 0.1) is 0 Å². The molecule has 0 aromatic rings. The van der Waals surface area contributed by atoms with Crippen LogP contribution in [0.25, 0.3) is 0 Å². The first kappa shape index (κ1) is 15.7. The number of aliphatic carboxylic acids is 1. The van der Waals surface area contributed by atoms with Crippen LogP contribution in [0.15, 0.2) is 0 Å². The summed E-state index contributed by atoms with van der Waals surface area (Å²) in [5, 5.41) is 12.8. The van der Waals surface area contributed by atoms with Gasteiger partial charge in [-0.2, -0.15) is 0 Å². The lowest BCUT2D eigenvalue weighted by atomic mass is 9.97. The summed E-state index contributed by atoms with van der Waals surface area (Å²) in [5.41, 5.74) is -0.690. The molecule has 5 nitrogen and oxygen atoms in total. The van der Waals surface area contributed by atoms with Crippen LogP contribution in [-0.2, 0) is 4.79 Å². The van der Waals surface area contributed by atoms with Crippen molar-refractivity contribution in [2.45, 2.75) is 56.7 Å². The van der Waals surface area contributed by atoms with Crippen LogP contribution in [-0.4, -0.2) is 72.2 Å². The summed E-state index contributed by atoms with van der Waals surface area (Å²) < 4.78 is 0. The van der Waals surface area contributed by atoms with Crippen molar-refractivity contribution >= 4 is 5.97 Å². The Morgan fingerprint density at radius 1 is 1.45 bits per heavy atom. The molecule has 1 heterocycles. The Morgan fingerprint density at radius 2 is 2.20 bits per heavy atom. The molecule has 0 radical (unpaired) electrons. The topological polar surface area (TPSA) is 55.8 Å². The van der Waals surface area contributed by atoms with Gasteiger partial charge in [0.1, 0.15) is 5.54 Å². The molecule has 5 heteroatoms. The van der Waals surface area contributed by atoms with Crippen molar-refractivity contribution < 1.29 is 9.90 Å². The lowest BCUT2D eigenvalue weighted by Crippen LogP contribution is -2.52. The number of hydrogen-bond donors (Lipinski definition) is 2. The summed E-state index contributed by atoms with van der Waals surface area (Å²) in [4.78, 5) is 16.5. The van der Waals surface area contributed by atoms with Gasteiger partial charge in [-0.05, 0) is 59.3 Å². The highest BCUT2D eigenvalue weighted by atomic mass is 16.4. The molecule has 2 fully saturated rings. The van der Waals surface area contributed by atoms with E-state index in [0.29, 0.717) is 12.1 Å². The highest BCUT2D eigenvalue weighted by Crippen LogP contribution is 2.36. The van der Waals surface area contributed by atoms with E-state index in [1.165, 1.54) is 12.8 Å². The minimum atomic E-state index is -0.690. The number of carbonyl (C=O) groups is 1. The van der Waals surface area contributed by atoms with Crippen LogP contribution in [0.4, 0.5) is 0 Å². The molecule has 1 saturated heterocycles. The van der Waals surface area contributed by atoms with Gasteiger partial charge in [0.05, 0.1) is 0 Å². The Balaban J connectivity index is 2.02. The quantitative estimate of drug-likeness (QED) is 0.761. The second-order valence-corrected chi connectivity index (χ2v) is 6.61. The molecule has 2 rings (SSSR count). The molecule has 0 amide bonds. The van der Waals surface area contributed by atoms with Crippen molar-refractivity contribution in [2.75, 3.05) is 33.7 Å². The molecule has 20 heavy (non-hydrogen) atoms. The van der Waals surface area contributed by atoms with Crippen molar-refractivity contribution in [3.63, 3.8) is 0 Å². The van der Waals surface area contributed by atoms with Gasteiger partial charge in [0, 0.05) is 18.6 Å². The van der Waals surface area contributed by atoms with Gasteiger partial charge in [-0.15, -0.1) is 0 Å². The van der Waals surface area contributed by atoms with Crippen molar-refractivity contribution in [1.29, 1.82) is 0 Å². The largest absolute Gasteiger partial charge is 0.480 e. The van der Waals surface area contributed by atoms with Gasteiger partial charge in [-0.25, -0.2) is 0 Å². The van der Waals surface area contributed by atoms with Crippen LogP contribution < -0.4 is 5.32 Å². The highest BCUT2D eigenvalue weighted by molar-refractivity contribution is 5.79. The van der Waals surface area contributed by atoms with Gasteiger partial charge in [-0.3, -0.25) is 9.69 Å². The fraction of sp³-hybridized carbons (Fsp3) is 0.933. The SMILES string of the molecule is CCNC1(C(=O)O)CCC(N2CCCC2CN(C)C)C1. The first-order valence-corrected chi connectivity index (χ1v) is 7.87. The Labute approximate surface area is 122 Å². The molecule has 2 N–H and O–H groups in total. The first-order chi connectivity index (χ1) is 9.48. The van der Waals surface area contributed by atoms with E-state index in [4.69, 9.17) is 0 Å². The number of nitrogens with zero attached hydrogens (tertiary/aromatic N) is 2. The average Bonchev–Trinajstić information content (AvgIpc) is 2.96.